The smallest absolute Gasteiger partial charge is 0.225 e. The number of nitrogens with zero attached hydrogens (tertiary/aromatic N) is 4. The van der Waals surface area contributed by atoms with Crippen molar-refractivity contribution in [1.82, 2.24) is 19.8 Å². The van der Waals surface area contributed by atoms with Crippen LogP contribution in [0, 0.1) is 12.3 Å². The van der Waals surface area contributed by atoms with Gasteiger partial charge in [0.25, 0.3) is 0 Å². The van der Waals surface area contributed by atoms with E-state index in [-0.39, 0.29) is 5.91 Å². The number of hydrogen-bond acceptors (Lipinski definition) is 7. The van der Waals surface area contributed by atoms with E-state index in [2.05, 4.69) is 50.2 Å². The molecule has 1 aromatic heterocycles. The molecule has 2 heterocycles. The number of methoxy groups -OCH3 is 1. The lowest BCUT2D eigenvalue weighted by molar-refractivity contribution is -0.116. The molecule has 1 saturated heterocycles. The Balaban J connectivity index is 1.47. The minimum atomic E-state index is -0.0537. The van der Waals surface area contributed by atoms with Gasteiger partial charge in [-0.3, -0.25) is 9.69 Å². The topological polar surface area (TPSA) is 82.6 Å². The Morgan fingerprint density at radius 3 is 2.69 bits per heavy atom. The van der Waals surface area contributed by atoms with Gasteiger partial charge in [-0.1, -0.05) is 12.0 Å². The van der Waals surface area contributed by atoms with Crippen LogP contribution in [0.15, 0.2) is 42.7 Å². The lowest BCUT2D eigenvalue weighted by Crippen LogP contribution is -2.49. The number of terminal acetylenes is 1. The van der Waals surface area contributed by atoms with Crippen molar-refractivity contribution in [2.45, 2.75) is 26.3 Å². The monoisotopic (exact) mass is 472 g/mol. The van der Waals surface area contributed by atoms with Crippen molar-refractivity contribution in [3.63, 3.8) is 0 Å². The Morgan fingerprint density at radius 2 is 1.97 bits per heavy atom. The molecule has 0 unspecified atom stereocenters. The van der Waals surface area contributed by atoms with Crippen molar-refractivity contribution < 1.29 is 9.53 Å². The number of aromatic nitrogens is 2. The summed E-state index contributed by atoms with van der Waals surface area (Å²) in [4.78, 5) is 26.4. The van der Waals surface area contributed by atoms with Crippen LogP contribution in [-0.2, 0) is 4.79 Å². The third-order valence-corrected chi connectivity index (χ3v) is 6.31. The molecule has 1 aliphatic heterocycles. The van der Waals surface area contributed by atoms with Crippen molar-refractivity contribution in [1.29, 1.82) is 0 Å². The van der Waals surface area contributed by atoms with Crippen LogP contribution in [0.25, 0.3) is 10.9 Å². The molecule has 1 amide bonds. The maximum absolute atomic E-state index is 12.8. The summed E-state index contributed by atoms with van der Waals surface area (Å²) in [5.41, 5.74) is 2.88. The van der Waals surface area contributed by atoms with Gasteiger partial charge >= 0.3 is 0 Å². The largest absolute Gasteiger partial charge is 0.494 e. The molecular formula is C27H32N6O2. The maximum atomic E-state index is 12.8. The standard InChI is InChI=1S/C27H32N6O2/c1-5-20-7-6-8-21(15-20)30-27-22-16-24(25(35-4)17-23(22)28-18-29-27)31-26(34)9-10-32-11-13-33(14-12-32)19(2)3/h1,6-8,15-19H,9-14H2,2-4H3,(H,31,34)(H,28,29,30). The van der Waals surface area contributed by atoms with E-state index in [1.54, 1.807) is 13.2 Å². The van der Waals surface area contributed by atoms with Gasteiger partial charge < -0.3 is 20.3 Å². The predicted molar refractivity (Wildman–Crippen MR) is 140 cm³/mol. The summed E-state index contributed by atoms with van der Waals surface area (Å²) in [7, 11) is 1.58. The average Bonchev–Trinajstić information content (AvgIpc) is 2.87. The average molecular weight is 473 g/mol. The molecule has 0 atom stereocenters. The van der Waals surface area contributed by atoms with Gasteiger partial charge in [-0.05, 0) is 38.1 Å². The molecular weight excluding hydrogens is 440 g/mol. The molecule has 1 fully saturated rings. The highest BCUT2D eigenvalue weighted by atomic mass is 16.5. The third-order valence-electron chi connectivity index (χ3n) is 6.31. The molecule has 2 aromatic carbocycles. The molecule has 4 rings (SSSR count). The van der Waals surface area contributed by atoms with E-state index in [1.165, 1.54) is 6.33 Å². The summed E-state index contributed by atoms with van der Waals surface area (Å²) in [5.74, 6) is 3.75. The first-order valence-corrected chi connectivity index (χ1v) is 11.9. The number of benzene rings is 2. The molecule has 0 spiro atoms. The number of carbonyl (C=O) groups excluding carboxylic acids is 1. The highest BCUT2D eigenvalue weighted by Crippen LogP contribution is 2.33. The first-order valence-electron chi connectivity index (χ1n) is 11.9. The van der Waals surface area contributed by atoms with Gasteiger partial charge in [0.05, 0.1) is 18.3 Å². The van der Waals surface area contributed by atoms with E-state index >= 15 is 0 Å². The number of piperazine rings is 1. The van der Waals surface area contributed by atoms with Gasteiger partial charge in [0.1, 0.15) is 17.9 Å². The lowest BCUT2D eigenvalue weighted by Gasteiger charge is -2.36. The van der Waals surface area contributed by atoms with Gasteiger partial charge in [0.2, 0.25) is 5.91 Å². The van der Waals surface area contributed by atoms with E-state index in [4.69, 9.17) is 11.2 Å². The second kappa shape index (κ2) is 11.2. The van der Waals surface area contributed by atoms with Gasteiger partial charge in [0, 0.05) is 67.9 Å². The molecule has 0 radical (unpaired) electrons. The van der Waals surface area contributed by atoms with Crippen LogP contribution < -0.4 is 15.4 Å². The first-order chi connectivity index (χ1) is 17.0. The SMILES string of the molecule is C#Cc1cccc(Nc2ncnc3cc(OC)c(NC(=O)CCN4CCN(C(C)C)CC4)cc23)c1. The second-order valence-electron chi connectivity index (χ2n) is 8.91. The number of hydrogen-bond donors (Lipinski definition) is 2. The van der Waals surface area contributed by atoms with E-state index in [0.717, 1.165) is 49.4 Å². The fraction of sp³-hybridized carbons (Fsp3) is 0.370. The summed E-state index contributed by atoms with van der Waals surface area (Å²) in [5, 5.41) is 7.09. The van der Waals surface area contributed by atoms with E-state index in [0.29, 0.717) is 35.2 Å². The van der Waals surface area contributed by atoms with Gasteiger partial charge in [0.15, 0.2) is 0 Å². The summed E-state index contributed by atoms with van der Waals surface area (Å²) in [6, 6.07) is 11.8. The number of rotatable bonds is 8. The first kappa shape index (κ1) is 24.5. The molecule has 0 saturated carbocycles. The van der Waals surface area contributed by atoms with Gasteiger partial charge in [-0.2, -0.15) is 0 Å². The lowest BCUT2D eigenvalue weighted by atomic mass is 10.1. The summed E-state index contributed by atoms with van der Waals surface area (Å²) >= 11 is 0. The van der Waals surface area contributed by atoms with Crippen molar-refractivity contribution >= 4 is 34.0 Å². The highest BCUT2D eigenvalue weighted by molar-refractivity contribution is 5.99. The minimum absolute atomic E-state index is 0.0537. The number of nitrogens with one attached hydrogen (secondary N) is 2. The zero-order chi connectivity index (χ0) is 24.8. The fourth-order valence-corrected chi connectivity index (χ4v) is 4.25. The second-order valence-corrected chi connectivity index (χ2v) is 8.91. The minimum Gasteiger partial charge on any atom is -0.494 e. The Kier molecular flexibility index (Phi) is 7.80. The zero-order valence-corrected chi connectivity index (χ0v) is 20.5. The predicted octanol–water partition coefficient (Wildman–Crippen LogP) is 3.72. The highest BCUT2D eigenvalue weighted by Gasteiger charge is 2.19. The molecule has 1 aliphatic rings. The Morgan fingerprint density at radius 1 is 1.17 bits per heavy atom. The summed E-state index contributed by atoms with van der Waals surface area (Å²) < 4.78 is 5.54. The van der Waals surface area contributed by atoms with Crippen LogP contribution in [0.3, 0.4) is 0 Å². The quantitative estimate of drug-likeness (QED) is 0.484. The molecule has 2 N–H and O–H groups in total. The van der Waals surface area contributed by atoms with E-state index in [1.807, 2.05) is 30.3 Å². The number of carbonyl (C=O) groups is 1. The molecule has 182 valence electrons. The number of ether oxygens (including phenoxy) is 1. The summed E-state index contributed by atoms with van der Waals surface area (Å²) in [6.07, 6.45) is 7.44. The summed E-state index contributed by atoms with van der Waals surface area (Å²) in [6.45, 7) is 9.22. The van der Waals surface area contributed by atoms with Crippen molar-refractivity contribution in [2.24, 2.45) is 0 Å². The Hall–Kier alpha value is -3.67. The van der Waals surface area contributed by atoms with E-state index in [9.17, 15) is 4.79 Å². The van der Waals surface area contributed by atoms with Crippen molar-refractivity contribution in [2.75, 3.05) is 50.5 Å². The van der Waals surface area contributed by atoms with Crippen molar-refractivity contribution in [3.05, 3.63) is 48.3 Å². The Labute approximate surface area is 206 Å². The molecule has 0 aliphatic carbocycles. The van der Waals surface area contributed by atoms with Crippen LogP contribution in [0.4, 0.5) is 17.2 Å². The molecule has 8 heteroatoms. The zero-order valence-electron chi connectivity index (χ0n) is 20.5. The molecule has 3 aromatic rings. The third kappa shape index (κ3) is 6.07. The van der Waals surface area contributed by atoms with Crippen LogP contribution >= 0.6 is 0 Å². The Bertz CT molecular complexity index is 1230. The van der Waals surface area contributed by atoms with E-state index < -0.39 is 0 Å². The van der Waals surface area contributed by atoms with Gasteiger partial charge in [-0.25, -0.2) is 9.97 Å². The van der Waals surface area contributed by atoms with Gasteiger partial charge in [-0.15, -0.1) is 6.42 Å². The van der Waals surface area contributed by atoms with Crippen LogP contribution in [0.1, 0.15) is 25.8 Å². The van der Waals surface area contributed by atoms with Crippen molar-refractivity contribution in [3.8, 4) is 18.1 Å². The number of fused-ring (bicyclic) bond motifs is 1. The molecule has 0 bridgehead atoms. The molecule has 35 heavy (non-hydrogen) atoms. The fourth-order valence-electron chi connectivity index (χ4n) is 4.25. The molecule has 8 nitrogen and oxygen atoms in total. The number of amides is 1. The van der Waals surface area contributed by atoms with Crippen LogP contribution in [0.2, 0.25) is 0 Å². The van der Waals surface area contributed by atoms with Crippen LogP contribution in [0.5, 0.6) is 5.75 Å². The number of anilines is 3. The normalized spacial score (nSPS) is 14.6. The maximum Gasteiger partial charge on any atom is 0.225 e. The van der Waals surface area contributed by atoms with Crippen LogP contribution in [-0.4, -0.2) is 71.6 Å².